The van der Waals surface area contributed by atoms with Crippen LogP contribution in [0.5, 0.6) is 0 Å². The van der Waals surface area contributed by atoms with Crippen LogP contribution < -0.4 is 26.4 Å². The van der Waals surface area contributed by atoms with Crippen LogP contribution in [0.2, 0.25) is 0 Å². The van der Waals surface area contributed by atoms with Crippen LogP contribution in [0.15, 0.2) is 114 Å². The molecule has 4 heteroatoms. The van der Waals surface area contributed by atoms with Gasteiger partial charge in [0, 0.05) is 33.8 Å². The highest BCUT2D eigenvalue weighted by atomic mass is 16.3. The van der Waals surface area contributed by atoms with Crippen molar-refractivity contribution in [3.05, 3.63) is 148 Å². The first kappa shape index (κ1) is 45.6. The van der Waals surface area contributed by atoms with Crippen LogP contribution in [0.25, 0.3) is 22.1 Å². The minimum Gasteiger partial charge on any atom is -0.468 e. The van der Waals surface area contributed by atoms with Crippen LogP contribution in [-0.4, -0.2) is 6.71 Å². The summed E-state index contributed by atoms with van der Waals surface area (Å²) in [6.45, 7) is 36.4. The van der Waals surface area contributed by atoms with Gasteiger partial charge in [-0.25, -0.2) is 0 Å². The molecular formula is C66H75BN2O. The second-order valence-electron chi connectivity index (χ2n) is 27.4. The molecular weight excluding hydrogens is 848 g/mol. The van der Waals surface area contributed by atoms with Gasteiger partial charge in [-0.05, 0) is 192 Å². The van der Waals surface area contributed by atoms with E-state index >= 15 is 0 Å². The average Bonchev–Trinajstić information content (AvgIpc) is 3.68. The Hall–Kier alpha value is -5.48. The number of benzene rings is 6. The summed E-state index contributed by atoms with van der Waals surface area (Å²) in [5.74, 6) is 0. The second kappa shape index (κ2) is 14.6. The number of rotatable bonds is 3. The molecule has 7 aromatic rings. The van der Waals surface area contributed by atoms with Gasteiger partial charge in [0.2, 0.25) is 0 Å². The van der Waals surface area contributed by atoms with Crippen molar-refractivity contribution in [3.63, 3.8) is 0 Å². The lowest BCUT2D eigenvalue weighted by atomic mass is 9.35. The summed E-state index contributed by atoms with van der Waals surface area (Å²) in [7, 11) is 0. The SMILES string of the molecule is CC(C)(C)c1ccc(N2c3cc4c(cc3B3c5oc6cc7c(cc6c5N(c5ccc6c(c5)C(C)(C)CCC6(C)C)c5cc(-c6ccccc6)cc2c53)C(C)(C)CCC7(C)C)C(C)(C)CCC4(C)C)cc1. The number of hydrogen-bond donors (Lipinski definition) is 0. The van der Waals surface area contributed by atoms with E-state index in [4.69, 9.17) is 4.42 Å². The van der Waals surface area contributed by atoms with Crippen molar-refractivity contribution in [2.75, 3.05) is 9.80 Å². The number of fused-ring (bicyclic) bond motifs is 9. The molecule has 0 saturated heterocycles. The fraction of sp³-hybridized carbons (Fsp3) is 0.424. The molecule has 1 aromatic heterocycles. The maximum absolute atomic E-state index is 7.75. The van der Waals surface area contributed by atoms with Gasteiger partial charge in [-0.3, -0.25) is 0 Å². The summed E-state index contributed by atoms with van der Waals surface area (Å²) >= 11 is 0. The van der Waals surface area contributed by atoms with Crippen molar-refractivity contribution in [2.24, 2.45) is 0 Å². The Morgan fingerprint density at radius 1 is 0.443 bits per heavy atom. The largest absolute Gasteiger partial charge is 0.468 e. The predicted molar refractivity (Wildman–Crippen MR) is 300 cm³/mol. The Bertz CT molecular complexity index is 3310. The summed E-state index contributed by atoms with van der Waals surface area (Å²) in [4.78, 5) is 5.29. The smallest absolute Gasteiger partial charge is 0.297 e. The van der Waals surface area contributed by atoms with E-state index in [0.29, 0.717) is 0 Å². The summed E-state index contributed by atoms with van der Waals surface area (Å²) in [6, 6.07) is 43.4. The molecule has 6 aromatic carbocycles. The molecule has 3 heterocycles. The van der Waals surface area contributed by atoms with Gasteiger partial charge in [-0.2, -0.15) is 0 Å². The number of furan rings is 1. The molecule has 0 N–H and O–H groups in total. The van der Waals surface area contributed by atoms with Crippen molar-refractivity contribution in [1.82, 2.24) is 0 Å². The van der Waals surface area contributed by atoms with Gasteiger partial charge in [0.05, 0.1) is 11.3 Å². The molecule has 0 atom stereocenters. The average molecular weight is 923 g/mol. The van der Waals surface area contributed by atoms with E-state index in [1.54, 1.807) is 0 Å². The maximum atomic E-state index is 7.75. The maximum Gasteiger partial charge on any atom is 0.297 e. The number of anilines is 6. The molecule has 2 aliphatic heterocycles. The second-order valence-corrected chi connectivity index (χ2v) is 27.4. The van der Waals surface area contributed by atoms with Crippen molar-refractivity contribution in [1.29, 1.82) is 0 Å². The van der Waals surface area contributed by atoms with Gasteiger partial charge in [-0.1, -0.05) is 158 Å². The Kier molecular flexibility index (Phi) is 9.51. The van der Waals surface area contributed by atoms with E-state index in [-0.39, 0.29) is 44.6 Å². The van der Waals surface area contributed by atoms with E-state index in [1.165, 1.54) is 107 Å². The first-order valence-corrected chi connectivity index (χ1v) is 26.7. The van der Waals surface area contributed by atoms with Crippen LogP contribution >= 0.6 is 0 Å². The standard InChI is InChI=1S/C66H75BN2O/c1-60(2,3)42-21-23-43(24-22-42)68-53-38-50-49(64(10,11)30-31-65(50,12)13)37-52(53)67-57-54(68)33-41(40-19-17-16-18-20-40)34-55(57)69(44-25-26-46-47(35-44)62(6,7)28-27-61(46,4)5)58-45-36-48-51(39-56(45)70-59(58)67)66(14,15)32-29-63(48,8)9/h16-26,33-39H,27-32H2,1-15H3. The highest BCUT2D eigenvalue weighted by Gasteiger charge is 2.50. The third-order valence-corrected chi connectivity index (χ3v) is 18.8. The zero-order valence-electron chi connectivity index (χ0n) is 45.0. The Morgan fingerprint density at radius 3 is 1.50 bits per heavy atom. The molecule has 3 nitrogen and oxygen atoms in total. The van der Waals surface area contributed by atoms with Crippen LogP contribution in [0.4, 0.5) is 34.1 Å². The van der Waals surface area contributed by atoms with Crippen LogP contribution in [0, 0.1) is 0 Å². The molecule has 358 valence electrons. The molecule has 12 rings (SSSR count). The summed E-state index contributed by atoms with van der Waals surface area (Å²) in [5.41, 5.74) is 24.9. The van der Waals surface area contributed by atoms with Gasteiger partial charge in [-0.15, -0.1) is 0 Å². The molecule has 0 unspecified atom stereocenters. The minimum atomic E-state index is -0.134. The quantitative estimate of drug-likeness (QED) is 0.165. The molecule has 3 aliphatic carbocycles. The van der Waals surface area contributed by atoms with Gasteiger partial charge in [0.25, 0.3) is 6.71 Å². The third kappa shape index (κ3) is 6.66. The Labute approximate surface area is 420 Å². The van der Waals surface area contributed by atoms with Crippen molar-refractivity contribution >= 4 is 68.4 Å². The lowest BCUT2D eigenvalue weighted by molar-refractivity contribution is 0.332. The summed E-state index contributed by atoms with van der Waals surface area (Å²) in [6.07, 6.45) is 6.97. The summed E-state index contributed by atoms with van der Waals surface area (Å²) < 4.78 is 7.75. The van der Waals surface area contributed by atoms with Gasteiger partial charge in [0.15, 0.2) is 0 Å². The van der Waals surface area contributed by atoms with E-state index < -0.39 is 0 Å². The zero-order chi connectivity index (χ0) is 49.5. The number of nitrogens with zero attached hydrogens (tertiary/aromatic N) is 2. The van der Waals surface area contributed by atoms with Crippen molar-refractivity contribution in [3.8, 4) is 11.1 Å². The first-order valence-electron chi connectivity index (χ1n) is 26.7. The zero-order valence-corrected chi connectivity index (χ0v) is 45.0. The van der Waals surface area contributed by atoms with Crippen molar-refractivity contribution < 1.29 is 4.42 Å². The van der Waals surface area contributed by atoms with E-state index in [9.17, 15) is 0 Å². The van der Waals surface area contributed by atoms with Crippen molar-refractivity contribution in [2.45, 2.75) is 180 Å². The van der Waals surface area contributed by atoms with Crippen LogP contribution in [-0.2, 0) is 37.9 Å². The van der Waals surface area contributed by atoms with E-state index in [2.05, 4.69) is 223 Å². The lowest BCUT2D eigenvalue weighted by Crippen LogP contribution is -2.61. The highest BCUT2D eigenvalue weighted by Crippen LogP contribution is 2.55. The van der Waals surface area contributed by atoms with Crippen LogP contribution in [0.1, 0.15) is 181 Å². The molecule has 5 aliphatic rings. The predicted octanol–water partition coefficient (Wildman–Crippen LogP) is 16.5. The van der Waals surface area contributed by atoms with E-state index in [1.807, 2.05) is 0 Å². The minimum absolute atomic E-state index is 0.0245. The molecule has 70 heavy (non-hydrogen) atoms. The fourth-order valence-corrected chi connectivity index (χ4v) is 13.8. The molecule has 0 spiro atoms. The molecule has 0 radical (unpaired) electrons. The fourth-order valence-electron chi connectivity index (χ4n) is 13.8. The van der Waals surface area contributed by atoms with E-state index in [0.717, 1.165) is 43.3 Å². The topological polar surface area (TPSA) is 19.6 Å². The van der Waals surface area contributed by atoms with Gasteiger partial charge in [0.1, 0.15) is 5.58 Å². The van der Waals surface area contributed by atoms with Gasteiger partial charge >= 0.3 is 0 Å². The highest BCUT2D eigenvalue weighted by molar-refractivity contribution is 7.00. The van der Waals surface area contributed by atoms with Crippen LogP contribution in [0.3, 0.4) is 0 Å². The normalized spacial score (nSPS) is 20.5. The third-order valence-electron chi connectivity index (χ3n) is 18.8. The Balaban J connectivity index is 1.25. The van der Waals surface area contributed by atoms with Gasteiger partial charge < -0.3 is 14.2 Å². The molecule has 0 fully saturated rings. The molecule has 0 bridgehead atoms. The monoisotopic (exact) mass is 923 g/mol. The lowest BCUT2D eigenvalue weighted by Gasteiger charge is -2.47. The summed E-state index contributed by atoms with van der Waals surface area (Å²) in [5, 5.41) is 1.22. The first-order chi connectivity index (χ1) is 32.8. The molecule has 0 amide bonds. The molecule has 0 saturated carbocycles. The Morgan fingerprint density at radius 2 is 0.929 bits per heavy atom. The number of hydrogen-bond acceptors (Lipinski definition) is 3.